The number of benzene rings is 4. The predicted octanol–water partition coefficient (Wildman–Crippen LogP) is 9.78. The van der Waals surface area contributed by atoms with Gasteiger partial charge >= 0.3 is 18.4 Å². The smallest absolute Gasteiger partial charge is 0.417 e. The molecule has 4 aromatic carbocycles. The molecule has 1 unspecified atom stereocenters. The highest BCUT2D eigenvalue weighted by atomic mass is 19.4. The average Bonchev–Trinajstić information content (AvgIpc) is 3.38. The minimum Gasteiger partial charge on any atom is -0.447 e. The molecule has 46 heavy (non-hydrogen) atoms. The summed E-state index contributed by atoms with van der Waals surface area (Å²) >= 11 is 0. The molecule has 0 radical (unpaired) electrons. The zero-order valence-electron chi connectivity index (χ0n) is 25.0. The van der Waals surface area contributed by atoms with Gasteiger partial charge in [0.1, 0.15) is 6.61 Å². The van der Waals surface area contributed by atoms with Crippen molar-refractivity contribution in [1.29, 1.82) is 0 Å². The van der Waals surface area contributed by atoms with E-state index in [1.165, 1.54) is 24.3 Å². The van der Waals surface area contributed by atoms with Gasteiger partial charge in [0.15, 0.2) is 0 Å². The zero-order chi connectivity index (χ0) is 33.2. The molecule has 0 bridgehead atoms. The molecule has 0 saturated carbocycles. The topological polar surface area (TPSA) is 46.6 Å². The molecule has 0 spiro atoms. The SMILES string of the molecule is CC(C)CC(C(=O)N1C(=O)OC[C@H]1Cc1ccccc1)c1cc(-c2ccc(C(F)(F)F)cc2)cc(-c2ccc(C(F)(F)F)cc2)c1. The standard InChI is InChI=1S/C36H31F6NO3/c1-22(2)16-32(33(44)43-31(21-46-34(43)45)17-23-6-4-3-5-7-23)28-19-26(24-8-12-29(13-9-24)35(37,38)39)18-27(20-28)25-10-14-30(15-11-25)36(40,41)42/h3-15,18-20,22,31-32H,16-17,21H2,1-2H3/t31-,32?/m1/s1. The average molecular weight is 640 g/mol. The number of nitrogens with zero attached hydrogens (tertiary/aromatic N) is 1. The van der Waals surface area contributed by atoms with Crippen LogP contribution in [0.15, 0.2) is 97.1 Å². The number of cyclic esters (lactones) is 1. The lowest BCUT2D eigenvalue weighted by atomic mass is 9.85. The first-order chi connectivity index (χ1) is 21.7. The third kappa shape index (κ3) is 7.43. The lowest BCUT2D eigenvalue weighted by Gasteiger charge is -2.27. The molecule has 4 aromatic rings. The van der Waals surface area contributed by atoms with Crippen LogP contribution in [0.3, 0.4) is 0 Å². The van der Waals surface area contributed by atoms with E-state index >= 15 is 0 Å². The molecule has 1 heterocycles. The molecule has 0 aliphatic carbocycles. The largest absolute Gasteiger partial charge is 0.447 e. The molecule has 240 valence electrons. The molecule has 0 N–H and O–H groups in total. The van der Waals surface area contributed by atoms with Crippen molar-refractivity contribution in [2.75, 3.05) is 6.61 Å². The van der Waals surface area contributed by atoms with Crippen molar-refractivity contribution in [2.24, 2.45) is 5.92 Å². The summed E-state index contributed by atoms with van der Waals surface area (Å²) < 4.78 is 85.1. The molecule has 0 aromatic heterocycles. The number of amides is 2. The van der Waals surface area contributed by atoms with Crippen LogP contribution in [0.4, 0.5) is 31.1 Å². The van der Waals surface area contributed by atoms with Crippen molar-refractivity contribution in [3.8, 4) is 22.3 Å². The van der Waals surface area contributed by atoms with Gasteiger partial charge in [-0.15, -0.1) is 0 Å². The van der Waals surface area contributed by atoms with Gasteiger partial charge in [0.25, 0.3) is 0 Å². The van der Waals surface area contributed by atoms with Crippen LogP contribution in [0.5, 0.6) is 0 Å². The Hall–Kier alpha value is -4.60. The molecule has 1 fully saturated rings. The van der Waals surface area contributed by atoms with Crippen LogP contribution in [-0.2, 0) is 28.3 Å². The van der Waals surface area contributed by atoms with Crippen LogP contribution in [0.1, 0.15) is 48.4 Å². The maximum atomic E-state index is 14.3. The van der Waals surface area contributed by atoms with Crippen LogP contribution in [0, 0.1) is 5.92 Å². The number of halogens is 6. The van der Waals surface area contributed by atoms with Crippen molar-refractivity contribution >= 4 is 12.0 Å². The summed E-state index contributed by atoms with van der Waals surface area (Å²) in [5, 5.41) is 0. The summed E-state index contributed by atoms with van der Waals surface area (Å²) in [5.74, 6) is -1.35. The Bertz CT molecular complexity index is 1600. The third-order valence-electron chi connectivity index (χ3n) is 7.97. The van der Waals surface area contributed by atoms with Gasteiger partial charge in [-0.3, -0.25) is 4.79 Å². The van der Waals surface area contributed by atoms with Crippen LogP contribution < -0.4 is 0 Å². The minimum atomic E-state index is -4.54. The minimum absolute atomic E-state index is 0.00982. The van der Waals surface area contributed by atoms with E-state index in [-0.39, 0.29) is 12.5 Å². The van der Waals surface area contributed by atoms with Crippen molar-refractivity contribution < 1.29 is 40.7 Å². The van der Waals surface area contributed by atoms with E-state index in [9.17, 15) is 35.9 Å². The van der Waals surface area contributed by atoms with Gasteiger partial charge in [0.2, 0.25) is 5.91 Å². The second kappa shape index (κ2) is 13.0. The number of alkyl halides is 6. The first-order valence-corrected chi connectivity index (χ1v) is 14.7. The Labute approximate surface area is 262 Å². The van der Waals surface area contributed by atoms with Crippen molar-refractivity contribution in [3.05, 3.63) is 119 Å². The number of carbonyl (C=O) groups excluding carboxylic acids is 2. The summed E-state index contributed by atoms with van der Waals surface area (Å²) in [5.41, 5.74) is 1.49. The monoisotopic (exact) mass is 639 g/mol. The van der Waals surface area contributed by atoms with Crippen molar-refractivity contribution in [1.82, 2.24) is 4.90 Å². The first-order valence-electron chi connectivity index (χ1n) is 14.7. The Kier molecular flexibility index (Phi) is 9.28. The maximum absolute atomic E-state index is 14.3. The van der Waals surface area contributed by atoms with Crippen LogP contribution in [0.2, 0.25) is 0 Å². The highest BCUT2D eigenvalue weighted by Crippen LogP contribution is 2.38. The first kappa shape index (κ1) is 32.8. The molecular weight excluding hydrogens is 608 g/mol. The summed E-state index contributed by atoms with van der Waals surface area (Å²) in [4.78, 5) is 28.4. The van der Waals surface area contributed by atoms with Crippen molar-refractivity contribution in [2.45, 2.75) is 51.0 Å². The van der Waals surface area contributed by atoms with E-state index in [1.54, 1.807) is 18.2 Å². The molecule has 10 heteroatoms. The predicted molar refractivity (Wildman–Crippen MR) is 162 cm³/mol. The van der Waals surface area contributed by atoms with Gasteiger partial charge in [-0.25, -0.2) is 9.69 Å². The zero-order valence-corrected chi connectivity index (χ0v) is 25.0. The lowest BCUT2D eigenvalue weighted by Crippen LogP contribution is -2.43. The second-order valence-corrected chi connectivity index (χ2v) is 11.8. The summed E-state index contributed by atoms with van der Waals surface area (Å²) in [7, 11) is 0. The van der Waals surface area contributed by atoms with E-state index in [1.807, 2.05) is 44.2 Å². The fourth-order valence-electron chi connectivity index (χ4n) is 5.68. The van der Waals surface area contributed by atoms with Gasteiger partial charge in [-0.05, 0) is 82.5 Å². The van der Waals surface area contributed by atoms with Gasteiger partial charge < -0.3 is 4.74 Å². The fourth-order valence-corrected chi connectivity index (χ4v) is 5.68. The number of ether oxygens (including phenoxy) is 1. The number of carbonyl (C=O) groups is 2. The van der Waals surface area contributed by atoms with Crippen LogP contribution >= 0.6 is 0 Å². The van der Waals surface area contributed by atoms with E-state index < -0.39 is 47.4 Å². The van der Waals surface area contributed by atoms with Crippen LogP contribution in [0.25, 0.3) is 22.3 Å². The number of rotatable bonds is 8. The summed E-state index contributed by atoms with van der Waals surface area (Å²) in [6.07, 6.45) is -9.14. The Balaban J connectivity index is 1.60. The molecule has 4 nitrogen and oxygen atoms in total. The molecular formula is C36H31F6NO3. The molecule has 1 aliphatic rings. The second-order valence-electron chi connectivity index (χ2n) is 11.8. The quantitative estimate of drug-likeness (QED) is 0.180. The number of hydrogen-bond donors (Lipinski definition) is 0. The van der Waals surface area contributed by atoms with Gasteiger partial charge in [0.05, 0.1) is 23.1 Å². The molecule has 2 amide bonds. The summed E-state index contributed by atoms with van der Waals surface area (Å²) in [6, 6.07) is 22.9. The highest BCUT2D eigenvalue weighted by Gasteiger charge is 2.41. The maximum Gasteiger partial charge on any atom is 0.417 e. The van der Waals surface area contributed by atoms with E-state index in [0.29, 0.717) is 40.7 Å². The van der Waals surface area contributed by atoms with E-state index in [2.05, 4.69) is 0 Å². The normalized spacial score (nSPS) is 16.1. The molecule has 1 saturated heterocycles. The number of imide groups is 1. The highest BCUT2D eigenvalue weighted by molar-refractivity contribution is 5.97. The van der Waals surface area contributed by atoms with Gasteiger partial charge in [-0.1, -0.05) is 80.6 Å². The Morgan fingerprint density at radius 3 is 1.72 bits per heavy atom. The fraction of sp³-hybridized carbons (Fsp3) is 0.278. The van der Waals surface area contributed by atoms with Gasteiger partial charge in [-0.2, -0.15) is 26.3 Å². The van der Waals surface area contributed by atoms with Crippen LogP contribution in [-0.4, -0.2) is 29.5 Å². The van der Waals surface area contributed by atoms with Crippen molar-refractivity contribution in [3.63, 3.8) is 0 Å². The molecule has 1 aliphatic heterocycles. The molecule has 2 atom stereocenters. The summed E-state index contributed by atoms with van der Waals surface area (Å²) in [6.45, 7) is 3.86. The lowest BCUT2D eigenvalue weighted by molar-refractivity contribution is -0.138. The van der Waals surface area contributed by atoms with Gasteiger partial charge in [0, 0.05) is 0 Å². The number of hydrogen-bond acceptors (Lipinski definition) is 3. The van der Waals surface area contributed by atoms with E-state index in [0.717, 1.165) is 34.7 Å². The van der Waals surface area contributed by atoms with E-state index in [4.69, 9.17) is 4.74 Å². The third-order valence-corrected chi connectivity index (χ3v) is 7.97. The Morgan fingerprint density at radius 1 is 0.761 bits per heavy atom. The Morgan fingerprint density at radius 2 is 1.26 bits per heavy atom. The molecule has 5 rings (SSSR count).